The first-order valence-corrected chi connectivity index (χ1v) is 8.52. The summed E-state index contributed by atoms with van der Waals surface area (Å²) in [5.41, 5.74) is 0.784. The molecule has 0 atom stereocenters. The molecular weight excluding hydrogens is 310 g/mol. The van der Waals surface area contributed by atoms with E-state index < -0.39 is 0 Å². The number of thiophene rings is 1. The third kappa shape index (κ3) is 2.95. The van der Waals surface area contributed by atoms with Gasteiger partial charge in [0.15, 0.2) is 4.80 Å². The smallest absolute Gasteiger partial charge is 0.254 e. The Labute approximate surface area is 127 Å². The van der Waals surface area contributed by atoms with Gasteiger partial charge in [-0.2, -0.15) is 4.99 Å². The first-order chi connectivity index (χ1) is 9.72. The van der Waals surface area contributed by atoms with Crippen molar-refractivity contribution < 1.29 is 4.79 Å². The lowest BCUT2D eigenvalue weighted by Crippen LogP contribution is -2.13. The molecule has 0 aliphatic rings. The van der Waals surface area contributed by atoms with E-state index in [1.165, 1.54) is 11.3 Å². The van der Waals surface area contributed by atoms with Crippen LogP contribution in [0.15, 0.2) is 39.5 Å². The number of carbonyl (C=O) groups is 1. The molecule has 0 aliphatic heterocycles. The lowest BCUT2D eigenvalue weighted by Gasteiger charge is -1.92. The molecule has 3 aromatic rings. The lowest BCUT2D eigenvalue weighted by atomic mass is 10.3. The van der Waals surface area contributed by atoms with E-state index in [0.717, 1.165) is 15.6 Å². The van der Waals surface area contributed by atoms with Crippen molar-refractivity contribution in [1.29, 1.82) is 0 Å². The van der Waals surface area contributed by atoms with Gasteiger partial charge in [-0.25, -0.2) is 4.98 Å². The van der Waals surface area contributed by atoms with Gasteiger partial charge in [0.1, 0.15) is 5.01 Å². The van der Waals surface area contributed by atoms with E-state index in [2.05, 4.69) is 9.98 Å². The van der Waals surface area contributed by atoms with Gasteiger partial charge in [0.2, 0.25) is 0 Å². The number of carbonyl (C=O) groups excluding carboxylic acids is 1. The number of rotatable bonds is 3. The van der Waals surface area contributed by atoms with Gasteiger partial charge in [0, 0.05) is 24.0 Å². The molecule has 4 nitrogen and oxygen atoms in total. The van der Waals surface area contributed by atoms with E-state index in [4.69, 9.17) is 0 Å². The molecule has 7 heteroatoms. The molecule has 3 rings (SSSR count). The van der Waals surface area contributed by atoms with Crippen LogP contribution in [0, 0.1) is 0 Å². The molecule has 0 N–H and O–H groups in total. The Balaban J connectivity index is 1.76. The van der Waals surface area contributed by atoms with Crippen molar-refractivity contribution in [2.24, 2.45) is 12.0 Å². The zero-order chi connectivity index (χ0) is 13.9. The number of nitrogens with zero attached hydrogens (tertiary/aromatic N) is 3. The Morgan fingerprint density at radius 2 is 2.25 bits per heavy atom. The number of thiazole rings is 2. The molecule has 0 bridgehead atoms. The van der Waals surface area contributed by atoms with Crippen LogP contribution in [-0.2, 0) is 18.3 Å². The molecule has 0 radical (unpaired) electrons. The normalized spacial score (nSPS) is 11.9. The van der Waals surface area contributed by atoms with E-state index in [9.17, 15) is 4.79 Å². The maximum atomic E-state index is 11.9. The average molecular weight is 321 g/mol. The molecule has 0 saturated carbocycles. The van der Waals surface area contributed by atoms with Gasteiger partial charge in [0.25, 0.3) is 5.91 Å². The summed E-state index contributed by atoms with van der Waals surface area (Å²) in [7, 11) is 1.88. The quantitative estimate of drug-likeness (QED) is 0.744. The summed E-state index contributed by atoms with van der Waals surface area (Å²) < 4.78 is 1.83. The Morgan fingerprint density at radius 1 is 1.35 bits per heavy atom. The molecular formula is C13H11N3OS3. The van der Waals surface area contributed by atoms with E-state index in [1.807, 2.05) is 46.1 Å². The Hall–Kier alpha value is -1.57. The van der Waals surface area contributed by atoms with Gasteiger partial charge in [-0.05, 0) is 11.4 Å². The monoisotopic (exact) mass is 321 g/mol. The van der Waals surface area contributed by atoms with Crippen LogP contribution in [0.4, 0.5) is 0 Å². The van der Waals surface area contributed by atoms with E-state index >= 15 is 0 Å². The summed E-state index contributed by atoms with van der Waals surface area (Å²) in [6.45, 7) is 0. The van der Waals surface area contributed by atoms with Gasteiger partial charge < -0.3 is 4.57 Å². The van der Waals surface area contributed by atoms with Crippen LogP contribution < -0.4 is 4.80 Å². The standard InChI is InChI=1S/C13H11N3OS3/c1-16-4-6-19-13(16)15-11(17)7-9-8-20-12(14-9)10-3-2-5-18-10/h2-6,8H,7H2,1H3. The van der Waals surface area contributed by atoms with Crippen LogP contribution >= 0.6 is 34.0 Å². The molecule has 0 aliphatic carbocycles. The largest absolute Gasteiger partial charge is 0.327 e. The third-order valence-electron chi connectivity index (χ3n) is 2.60. The van der Waals surface area contributed by atoms with E-state index in [-0.39, 0.29) is 12.3 Å². The second-order valence-electron chi connectivity index (χ2n) is 4.10. The Kier molecular flexibility index (Phi) is 3.90. The van der Waals surface area contributed by atoms with Crippen LogP contribution in [0.1, 0.15) is 5.69 Å². The Morgan fingerprint density at radius 3 is 2.95 bits per heavy atom. The molecule has 102 valence electrons. The minimum absolute atomic E-state index is 0.161. The summed E-state index contributed by atoms with van der Waals surface area (Å²) in [4.78, 5) is 22.4. The number of hydrogen-bond acceptors (Lipinski definition) is 5. The zero-order valence-corrected chi connectivity index (χ0v) is 13.1. The number of hydrogen-bond donors (Lipinski definition) is 0. The maximum Gasteiger partial charge on any atom is 0.254 e. The molecule has 20 heavy (non-hydrogen) atoms. The van der Waals surface area contributed by atoms with Crippen LogP contribution in [0.25, 0.3) is 9.88 Å². The summed E-state index contributed by atoms with van der Waals surface area (Å²) in [6.07, 6.45) is 2.13. The number of aromatic nitrogens is 2. The maximum absolute atomic E-state index is 11.9. The first-order valence-electron chi connectivity index (χ1n) is 5.88. The molecule has 1 amide bonds. The fraction of sp³-hybridized carbons (Fsp3) is 0.154. The summed E-state index contributed by atoms with van der Waals surface area (Å²) >= 11 is 4.67. The van der Waals surface area contributed by atoms with Crippen LogP contribution in [-0.4, -0.2) is 15.5 Å². The third-order valence-corrected chi connectivity index (χ3v) is 5.37. The van der Waals surface area contributed by atoms with Gasteiger partial charge in [-0.3, -0.25) is 4.79 Å². The van der Waals surface area contributed by atoms with Crippen LogP contribution in [0.2, 0.25) is 0 Å². The summed E-state index contributed by atoms with van der Waals surface area (Å²) in [6, 6.07) is 4.03. The van der Waals surface area contributed by atoms with Crippen molar-refractivity contribution >= 4 is 39.9 Å². The van der Waals surface area contributed by atoms with Crippen molar-refractivity contribution in [3.8, 4) is 9.88 Å². The molecule has 0 fully saturated rings. The molecule has 0 aromatic carbocycles. The summed E-state index contributed by atoms with van der Waals surface area (Å²) in [5.74, 6) is -0.161. The SMILES string of the molecule is Cn1ccsc1=NC(=O)Cc1csc(-c2cccs2)n1. The predicted octanol–water partition coefficient (Wildman–Crippen LogP) is 2.94. The first kappa shape index (κ1) is 13.4. The summed E-state index contributed by atoms with van der Waals surface area (Å²) in [5, 5.41) is 6.82. The second kappa shape index (κ2) is 5.82. The zero-order valence-electron chi connectivity index (χ0n) is 10.6. The van der Waals surface area contributed by atoms with Crippen molar-refractivity contribution in [1.82, 2.24) is 9.55 Å². The van der Waals surface area contributed by atoms with Crippen molar-refractivity contribution in [2.75, 3.05) is 0 Å². The molecule has 3 aromatic heterocycles. The molecule has 0 spiro atoms. The van der Waals surface area contributed by atoms with Crippen molar-refractivity contribution in [2.45, 2.75) is 6.42 Å². The van der Waals surface area contributed by atoms with E-state index in [0.29, 0.717) is 4.80 Å². The fourth-order valence-electron chi connectivity index (χ4n) is 1.64. The molecule has 3 heterocycles. The minimum Gasteiger partial charge on any atom is -0.327 e. The lowest BCUT2D eigenvalue weighted by molar-refractivity contribution is -0.117. The van der Waals surface area contributed by atoms with Crippen LogP contribution in [0.5, 0.6) is 0 Å². The van der Waals surface area contributed by atoms with Gasteiger partial charge in [-0.1, -0.05) is 6.07 Å². The highest BCUT2D eigenvalue weighted by atomic mass is 32.1. The topological polar surface area (TPSA) is 47.2 Å². The van der Waals surface area contributed by atoms with E-state index in [1.54, 1.807) is 22.7 Å². The van der Waals surface area contributed by atoms with Crippen molar-refractivity contribution in [3.63, 3.8) is 0 Å². The van der Waals surface area contributed by atoms with Gasteiger partial charge in [-0.15, -0.1) is 34.0 Å². The van der Waals surface area contributed by atoms with Gasteiger partial charge in [0.05, 0.1) is 17.0 Å². The predicted molar refractivity (Wildman–Crippen MR) is 83.0 cm³/mol. The van der Waals surface area contributed by atoms with Crippen molar-refractivity contribution in [3.05, 3.63) is 45.0 Å². The number of aryl methyl sites for hydroxylation is 1. The van der Waals surface area contributed by atoms with Crippen LogP contribution in [0.3, 0.4) is 0 Å². The Bertz CT molecular complexity index is 780. The molecule has 0 unspecified atom stereocenters. The molecule has 0 saturated heterocycles. The number of amides is 1. The van der Waals surface area contributed by atoms with Gasteiger partial charge >= 0.3 is 0 Å². The average Bonchev–Trinajstić information content (AvgIpc) is 3.12. The minimum atomic E-state index is -0.161. The fourth-order valence-corrected chi connectivity index (χ4v) is 4.02. The highest BCUT2D eigenvalue weighted by Gasteiger charge is 2.09. The highest BCUT2D eigenvalue weighted by Crippen LogP contribution is 2.27. The second-order valence-corrected chi connectivity index (χ2v) is 6.78. The highest BCUT2D eigenvalue weighted by molar-refractivity contribution is 7.20.